The van der Waals surface area contributed by atoms with Crippen molar-refractivity contribution in [1.82, 2.24) is 30.3 Å². The lowest BCUT2D eigenvalue weighted by molar-refractivity contribution is 0.319. The van der Waals surface area contributed by atoms with Crippen molar-refractivity contribution in [1.29, 1.82) is 0 Å². The maximum Gasteiger partial charge on any atom is 0.232 e. The lowest BCUT2D eigenvalue weighted by Gasteiger charge is -2.10. The van der Waals surface area contributed by atoms with E-state index in [0.717, 1.165) is 5.16 Å². The normalized spacial score (nSPS) is 12.3. The summed E-state index contributed by atoms with van der Waals surface area (Å²) in [6.45, 7) is 10.2. The average molecular weight is 282 g/mol. The second-order valence-electron chi connectivity index (χ2n) is 5.55. The maximum absolute atomic E-state index is 5.24. The van der Waals surface area contributed by atoms with Crippen LogP contribution in [0.15, 0.2) is 9.68 Å². The van der Waals surface area contributed by atoms with Crippen LogP contribution in [0.5, 0.6) is 0 Å². The maximum atomic E-state index is 5.24. The fourth-order valence-electron chi connectivity index (χ4n) is 1.35. The van der Waals surface area contributed by atoms with Gasteiger partial charge in [0.2, 0.25) is 11.0 Å². The van der Waals surface area contributed by atoms with E-state index in [9.17, 15) is 0 Å². The molecule has 0 saturated carbocycles. The van der Waals surface area contributed by atoms with E-state index in [1.165, 1.54) is 11.8 Å². The Morgan fingerprint density at radius 2 is 2.05 bits per heavy atom. The number of hydrogen-bond donors (Lipinski definition) is 0. The second kappa shape index (κ2) is 5.28. The number of hydrogen-bond acceptors (Lipinski definition) is 7. The number of tetrazole rings is 1. The van der Waals surface area contributed by atoms with Gasteiger partial charge in [-0.3, -0.25) is 0 Å². The van der Waals surface area contributed by atoms with Crippen LogP contribution in [0.1, 0.15) is 52.4 Å². The van der Waals surface area contributed by atoms with Crippen LogP contribution in [0, 0.1) is 0 Å². The van der Waals surface area contributed by atoms with Crippen molar-refractivity contribution < 1.29 is 4.52 Å². The third kappa shape index (κ3) is 3.31. The van der Waals surface area contributed by atoms with Gasteiger partial charge in [0.15, 0.2) is 5.82 Å². The van der Waals surface area contributed by atoms with Gasteiger partial charge >= 0.3 is 0 Å². The molecule has 2 aromatic heterocycles. The Hall–Kier alpha value is -1.44. The van der Waals surface area contributed by atoms with E-state index < -0.39 is 0 Å². The predicted octanol–water partition coefficient (Wildman–Crippen LogP) is 2.23. The van der Waals surface area contributed by atoms with Gasteiger partial charge in [-0.05, 0) is 24.3 Å². The molecule has 7 nitrogen and oxygen atoms in total. The molecule has 19 heavy (non-hydrogen) atoms. The van der Waals surface area contributed by atoms with Gasteiger partial charge in [0.25, 0.3) is 0 Å². The first-order chi connectivity index (χ1) is 8.88. The molecule has 104 valence electrons. The number of rotatable bonds is 4. The molecule has 2 heterocycles. The van der Waals surface area contributed by atoms with Crippen molar-refractivity contribution in [3.63, 3.8) is 0 Å². The summed E-state index contributed by atoms with van der Waals surface area (Å²) in [5.74, 6) is 1.90. The van der Waals surface area contributed by atoms with E-state index in [1.54, 1.807) is 4.68 Å². The fourth-order valence-corrected chi connectivity index (χ4v) is 2.20. The summed E-state index contributed by atoms with van der Waals surface area (Å²) in [7, 11) is 0. The van der Waals surface area contributed by atoms with Gasteiger partial charge in [-0.25, -0.2) is 4.68 Å². The molecule has 0 unspecified atom stereocenters. The van der Waals surface area contributed by atoms with Gasteiger partial charge in [0.05, 0.1) is 11.8 Å². The van der Waals surface area contributed by atoms with Gasteiger partial charge < -0.3 is 4.52 Å². The molecule has 0 atom stereocenters. The fraction of sp³-hybridized carbons (Fsp3) is 0.727. The smallest absolute Gasteiger partial charge is 0.232 e. The van der Waals surface area contributed by atoms with Crippen molar-refractivity contribution in [2.24, 2.45) is 0 Å². The molecule has 0 aliphatic carbocycles. The molecule has 0 fully saturated rings. The quantitative estimate of drug-likeness (QED) is 0.795. The summed E-state index contributed by atoms with van der Waals surface area (Å²) in [6, 6.07) is 0.230. The molecular formula is C11H18N6OS. The molecular weight excluding hydrogens is 264 g/mol. The molecule has 0 aliphatic rings. The summed E-state index contributed by atoms with van der Waals surface area (Å²) in [5.41, 5.74) is -0.130. The Labute approximate surface area is 116 Å². The van der Waals surface area contributed by atoms with E-state index in [2.05, 4.69) is 25.7 Å². The van der Waals surface area contributed by atoms with Crippen LogP contribution in [0.25, 0.3) is 0 Å². The molecule has 2 aromatic rings. The van der Waals surface area contributed by atoms with Crippen LogP contribution < -0.4 is 0 Å². The summed E-state index contributed by atoms with van der Waals surface area (Å²) >= 11 is 1.50. The summed E-state index contributed by atoms with van der Waals surface area (Å²) < 4.78 is 7.02. The van der Waals surface area contributed by atoms with Crippen molar-refractivity contribution in [2.75, 3.05) is 0 Å². The molecule has 8 heteroatoms. The molecule has 2 rings (SSSR count). The highest BCUT2D eigenvalue weighted by molar-refractivity contribution is 7.98. The van der Waals surface area contributed by atoms with E-state index in [1.807, 2.05) is 34.6 Å². The SMILES string of the molecule is CC(C)n1nnnc1SCc1noc(C(C)(C)C)n1. The van der Waals surface area contributed by atoms with Crippen LogP contribution in [0.4, 0.5) is 0 Å². The minimum atomic E-state index is -0.130. The zero-order valence-electron chi connectivity index (χ0n) is 11.8. The van der Waals surface area contributed by atoms with Crippen LogP contribution >= 0.6 is 11.8 Å². The Bertz CT molecular complexity index is 541. The van der Waals surface area contributed by atoms with Gasteiger partial charge in [0.1, 0.15) is 0 Å². The summed E-state index contributed by atoms with van der Waals surface area (Å²) in [5, 5.41) is 16.3. The van der Waals surface area contributed by atoms with E-state index in [0.29, 0.717) is 17.5 Å². The Balaban J connectivity index is 2.03. The van der Waals surface area contributed by atoms with Gasteiger partial charge in [0, 0.05) is 5.41 Å². The molecule has 0 aromatic carbocycles. The lowest BCUT2D eigenvalue weighted by Crippen LogP contribution is -2.11. The highest BCUT2D eigenvalue weighted by Crippen LogP contribution is 2.23. The zero-order chi connectivity index (χ0) is 14.0. The van der Waals surface area contributed by atoms with Crippen molar-refractivity contribution in [3.05, 3.63) is 11.7 Å². The lowest BCUT2D eigenvalue weighted by atomic mass is 9.97. The third-order valence-corrected chi connectivity index (χ3v) is 3.32. The number of aromatic nitrogens is 6. The highest BCUT2D eigenvalue weighted by Gasteiger charge is 2.22. The first-order valence-corrected chi connectivity index (χ1v) is 7.10. The molecule has 0 amide bonds. The molecule has 0 bridgehead atoms. The Kier molecular flexibility index (Phi) is 3.88. The number of thioether (sulfide) groups is 1. The molecule has 0 aliphatic heterocycles. The molecule has 0 spiro atoms. The summed E-state index contributed by atoms with van der Waals surface area (Å²) in [6.07, 6.45) is 0. The highest BCUT2D eigenvalue weighted by atomic mass is 32.2. The van der Waals surface area contributed by atoms with E-state index in [-0.39, 0.29) is 11.5 Å². The van der Waals surface area contributed by atoms with Gasteiger partial charge in [-0.2, -0.15) is 4.98 Å². The Morgan fingerprint density at radius 3 is 2.63 bits per heavy atom. The predicted molar refractivity (Wildman–Crippen MR) is 70.8 cm³/mol. The Morgan fingerprint density at radius 1 is 1.32 bits per heavy atom. The topological polar surface area (TPSA) is 82.5 Å². The van der Waals surface area contributed by atoms with Gasteiger partial charge in [-0.1, -0.05) is 37.7 Å². The minimum Gasteiger partial charge on any atom is -0.339 e. The van der Waals surface area contributed by atoms with E-state index in [4.69, 9.17) is 4.52 Å². The van der Waals surface area contributed by atoms with E-state index >= 15 is 0 Å². The van der Waals surface area contributed by atoms with Crippen LogP contribution in [0.2, 0.25) is 0 Å². The summed E-state index contributed by atoms with van der Waals surface area (Å²) in [4.78, 5) is 4.38. The molecule has 0 N–H and O–H groups in total. The van der Waals surface area contributed by atoms with Crippen molar-refractivity contribution in [2.45, 2.75) is 57.0 Å². The monoisotopic (exact) mass is 282 g/mol. The van der Waals surface area contributed by atoms with Crippen LogP contribution in [-0.2, 0) is 11.2 Å². The molecule has 0 saturated heterocycles. The largest absolute Gasteiger partial charge is 0.339 e. The minimum absolute atomic E-state index is 0.130. The first-order valence-electron chi connectivity index (χ1n) is 6.11. The molecule has 0 radical (unpaired) electrons. The number of nitrogens with zero attached hydrogens (tertiary/aromatic N) is 6. The third-order valence-electron chi connectivity index (χ3n) is 2.39. The standard InChI is InChI=1S/C11H18N6OS/c1-7(2)17-10(13-15-16-17)19-6-8-12-9(18-14-8)11(3,4)5/h7H,6H2,1-5H3. The first kappa shape index (κ1) is 14.0. The van der Waals surface area contributed by atoms with Gasteiger partial charge in [-0.15, -0.1) is 5.10 Å². The van der Waals surface area contributed by atoms with Crippen LogP contribution in [0.3, 0.4) is 0 Å². The second-order valence-corrected chi connectivity index (χ2v) is 6.50. The van der Waals surface area contributed by atoms with Crippen molar-refractivity contribution >= 4 is 11.8 Å². The average Bonchev–Trinajstić information content (AvgIpc) is 2.94. The zero-order valence-corrected chi connectivity index (χ0v) is 12.6. The van der Waals surface area contributed by atoms with Crippen molar-refractivity contribution in [3.8, 4) is 0 Å². The van der Waals surface area contributed by atoms with Crippen LogP contribution in [-0.4, -0.2) is 30.3 Å².